The van der Waals surface area contributed by atoms with Crippen molar-refractivity contribution in [3.63, 3.8) is 0 Å². The molecular weight excluding hydrogens is 363 g/mol. The van der Waals surface area contributed by atoms with E-state index in [1.807, 2.05) is 0 Å². The molecule has 0 radical (unpaired) electrons. The van der Waals surface area contributed by atoms with E-state index in [-0.39, 0.29) is 18.2 Å². The number of nitrogens with one attached hydrogen (secondary N) is 1. The maximum atomic E-state index is 13.2. The second kappa shape index (κ2) is 7.47. The second-order valence-electron chi connectivity index (χ2n) is 6.31. The van der Waals surface area contributed by atoms with E-state index in [0.29, 0.717) is 31.6 Å². The quantitative estimate of drug-likeness (QED) is 0.824. The normalized spacial score (nSPS) is 16.7. The van der Waals surface area contributed by atoms with Crippen molar-refractivity contribution in [2.45, 2.75) is 19.0 Å². The second-order valence-corrected chi connectivity index (χ2v) is 6.31. The van der Waals surface area contributed by atoms with Crippen molar-refractivity contribution < 1.29 is 22.7 Å². The summed E-state index contributed by atoms with van der Waals surface area (Å²) in [4.78, 5) is 23.5. The minimum atomic E-state index is -4.64. The fraction of sp³-hybridized carbons (Fsp3) is 0.412. The smallest absolute Gasteiger partial charge is 0.381 e. The number of hydrogen-bond donors (Lipinski definition) is 2. The number of halogens is 3. The molecule has 2 aromatic rings. The molecule has 0 bridgehead atoms. The van der Waals surface area contributed by atoms with Gasteiger partial charge < -0.3 is 15.8 Å². The number of hydrogen-bond acceptors (Lipinski definition) is 6. The Kier molecular flexibility index (Phi) is 5.26. The molecule has 1 fully saturated rings. The van der Waals surface area contributed by atoms with Gasteiger partial charge in [0.05, 0.1) is 5.41 Å². The Balaban J connectivity index is 1.91. The lowest BCUT2D eigenvalue weighted by Gasteiger charge is -2.34. The first kappa shape index (κ1) is 19.0. The highest BCUT2D eigenvalue weighted by Gasteiger charge is 2.39. The minimum absolute atomic E-state index is 0.0312. The lowest BCUT2D eigenvalue weighted by atomic mass is 9.79. The van der Waals surface area contributed by atoms with Crippen LogP contribution >= 0.6 is 0 Å². The number of anilines is 1. The highest BCUT2D eigenvalue weighted by Crippen LogP contribution is 2.33. The lowest BCUT2D eigenvalue weighted by Crippen LogP contribution is -2.46. The Bertz CT molecular complexity index is 808. The topological polar surface area (TPSA) is 103 Å². The molecule has 1 aliphatic rings. The molecular formula is C17H18F3N5O2. The van der Waals surface area contributed by atoms with Crippen LogP contribution in [0.1, 0.15) is 18.5 Å². The molecule has 0 saturated carbocycles. The molecule has 0 aromatic carbocycles. The van der Waals surface area contributed by atoms with Crippen molar-refractivity contribution in [1.29, 1.82) is 0 Å². The Hall–Kier alpha value is -2.75. The predicted molar refractivity (Wildman–Crippen MR) is 90.4 cm³/mol. The summed E-state index contributed by atoms with van der Waals surface area (Å²) < 4.78 is 45.0. The Morgan fingerprint density at radius 1 is 1.22 bits per heavy atom. The van der Waals surface area contributed by atoms with Gasteiger partial charge in [0.1, 0.15) is 5.82 Å². The maximum Gasteiger partial charge on any atom is 0.433 e. The first-order valence-corrected chi connectivity index (χ1v) is 8.28. The van der Waals surface area contributed by atoms with Gasteiger partial charge in [-0.1, -0.05) is 0 Å². The zero-order valence-electron chi connectivity index (χ0n) is 14.3. The van der Waals surface area contributed by atoms with Gasteiger partial charge in [-0.25, -0.2) is 9.97 Å². The molecule has 27 heavy (non-hydrogen) atoms. The average Bonchev–Trinajstić information content (AvgIpc) is 2.67. The van der Waals surface area contributed by atoms with Gasteiger partial charge in [0, 0.05) is 43.8 Å². The van der Waals surface area contributed by atoms with Gasteiger partial charge >= 0.3 is 6.18 Å². The van der Waals surface area contributed by atoms with Gasteiger partial charge in [0.25, 0.3) is 0 Å². The van der Waals surface area contributed by atoms with Gasteiger partial charge in [0.15, 0.2) is 11.5 Å². The lowest BCUT2D eigenvalue weighted by molar-refractivity contribution is -0.141. The van der Waals surface area contributed by atoms with E-state index in [0.717, 1.165) is 6.07 Å². The van der Waals surface area contributed by atoms with E-state index >= 15 is 0 Å². The molecule has 7 nitrogen and oxygen atoms in total. The van der Waals surface area contributed by atoms with Crippen LogP contribution in [0.3, 0.4) is 0 Å². The summed E-state index contributed by atoms with van der Waals surface area (Å²) in [5.74, 6) is -0.635. The van der Waals surface area contributed by atoms with E-state index < -0.39 is 23.2 Å². The van der Waals surface area contributed by atoms with E-state index in [1.54, 1.807) is 0 Å². The van der Waals surface area contributed by atoms with Gasteiger partial charge in [0.2, 0.25) is 5.91 Å². The molecule has 3 heterocycles. The van der Waals surface area contributed by atoms with Crippen molar-refractivity contribution in [3.05, 3.63) is 36.3 Å². The molecule has 0 aliphatic carbocycles. The van der Waals surface area contributed by atoms with Crippen molar-refractivity contribution in [1.82, 2.24) is 15.0 Å². The highest BCUT2D eigenvalue weighted by atomic mass is 19.4. The Morgan fingerprint density at radius 3 is 2.48 bits per heavy atom. The number of nitrogens with two attached hydrogens (primary N) is 1. The molecule has 1 saturated heterocycles. The molecule has 144 valence electrons. The fourth-order valence-corrected chi connectivity index (χ4v) is 2.85. The Labute approximate surface area is 153 Å². The van der Waals surface area contributed by atoms with Crippen LogP contribution in [0, 0.1) is 5.41 Å². The first-order chi connectivity index (χ1) is 12.8. The van der Waals surface area contributed by atoms with E-state index in [4.69, 9.17) is 10.5 Å². The van der Waals surface area contributed by atoms with Crippen LogP contribution in [-0.4, -0.2) is 40.6 Å². The van der Waals surface area contributed by atoms with Crippen LogP contribution in [0.15, 0.2) is 30.6 Å². The van der Waals surface area contributed by atoms with Gasteiger partial charge in [-0.3, -0.25) is 9.78 Å². The van der Waals surface area contributed by atoms with Gasteiger partial charge in [-0.2, -0.15) is 13.2 Å². The molecule has 0 unspecified atom stereocenters. The number of carbonyl (C=O) groups excluding carboxylic acids is 1. The first-order valence-electron chi connectivity index (χ1n) is 8.28. The number of amides is 1. The molecule has 1 amide bonds. The van der Waals surface area contributed by atoms with Gasteiger partial charge in [-0.15, -0.1) is 0 Å². The van der Waals surface area contributed by atoms with E-state index in [9.17, 15) is 18.0 Å². The number of rotatable bonds is 5. The van der Waals surface area contributed by atoms with Crippen molar-refractivity contribution >= 4 is 11.7 Å². The third kappa shape index (κ3) is 4.33. The summed E-state index contributed by atoms with van der Waals surface area (Å²) in [5, 5.41) is 2.84. The summed E-state index contributed by atoms with van der Waals surface area (Å²) in [6, 6.07) is 3.85. The van der Waals surface area contributed by atoms with Crippen LogP contribution < -0.4 is 11.1 Å². The van der Waals surface area contributed by atoms with Gasteiger partial charge in [-0.05, 0) is 25.0 Å². The molecule has 3 rings (SSSR count). The Morgan fingerprint density at radius 2 is 1.89 bits per heavy atom. The van der Waals surface area contributed by atoms with Crippen molar-refractivity contribution in [2.24, 2.45) is 11.1 Å². The summed E-state index contributed by atoms with van der Waals surface area (Å²) >= 11 is 0. The largest absolute Gasteiger partial charge is 0.433 e. The summed E-state index contributed by atoms with van der Waals surface area (Å²) in [6.45, 7) is 0.796. The average molecular weight is 381 g/mol. The summed E-state index contributed by atoms with van der Waals surface area (Å²) in [6.07, 6.45) is -0.971. The van der Waals surface area contributed by atoms with Crippen LogP contribution in [-0.2, 0) is 15.7 Å². The zero-order valence-corrected chi connectivity index (χ0v) is 14.3. The summed E-state index contributed by atoms with van der Waals surface area (Å²) in [5.41, 5.74) is 3.96. The number of alkyl halides is 3. The summed E-state index contributed by atoms with van der Waals surface area (Å²) in [7, 11) is 0. The fourth-order valence-electron chi connectivity index (χ4n) is 2.85. The standard InChI is InChI=1S/C17H18F3N5O2/c18-17(19,20)12-9-13(25-14(24-12)11-1-5-22-6-2-11)23-10-16(15(21)26)3-7-27-8-4-16/h1-2,5-6,9H,3-4,7-8,10H2,(H2,21,26)(H,23,24,25). The third-order valence-electron chi connectivity index (χ3n) is 4.54. The zero-order chi connectivity index (χ0) is 19.5. The molecule has 10 heteroatoms. The number of pyridine rings is 1. The van der Waals surface area contributed by atoms with Crippen LogP contribution in [0.25, 0.3) is 11.4 Å². The molecule has 1 aliphatic heterocycles. The number of aromatic nitrogens is 3. The number of nitrogens with zero attached hydrogens (tertiary/aromatic N) is 3. The predicted octanol–water partition coefficient (Wildman–Crippen LogP) is 2.25. The van der Waals surface area contributed by atoms with E-state index in [2.05, 4.69) is 20.3 Å². The molecule has 3 N–H and O–H groups in total. The molecule has 0 spiro atoms. The molecule has 0 atom stereocenters. The molecule has 2 aromatic heterocycles. The van der Waals surface area contributed by atoms with Crippen LogP contribution in [0.2, 0.25) is 0 Å². The van der Waals surface area contributed by atoms with Crippen LogP contribution in [0.5, 0.6) is 0 Å². The third-order valence-corrected chi connectivity index (χ3v) is 4.54. The minimum Gasteiger partial charge on any atom is -0.381 e. The maximum absolute atomic E-state index is 13.2. The number of primary amides is 1. The number of carbonyl (C=O) groups is 1. The van der Waals surface area contributed by atoms with Crippen LogP contribution in [0.4, 0.5) is 19.0 Å². The monoisotopic (exact) mass is 381 g/mol. The van der Waals surface area contributed by atoms with Crippen molar-refractivity contribution in [2.75, 3.05) is 25.1 Å². The highest BCUT2D eigenvalue weighted by molar-refractivity contribution is 5.81. The van der Waals surface area contributed by atoms with E-state index in [1.165, 1.54) is 24.5 Å². The van der Waals surface area contributed by atoms with Crippen molar-refractivity contribution in [3.8, 4) is 11.4 Å². The SMILES string of the molecule is NC(=O)C1(CNc2cc(C(F)(F)F)nc(-c3ccncc3)n2)CCOCC1. The number of ether oxygens (including phenoxy) is 1.